The molecule has 1 aromatic carbocycles. The summed E-state index contributed by atoms with van der Waals surface area (Å²) in [4.78, 5) is 14.5. The summed E-state index contributed by atoms with van der Waals surface area (Å²) in [5, 5.41) is 11.6. The maximum atomic E-state index is 12.9. The number of benzene rings is 1. The predicted molar refractivity (Wildman–Crippen MR) is 80.0 cm³/mol. The van der Waals surface area contributed by atoms with E-state index in [1.165, 1.54) is 12.1 Å². The van der Waals surface area contributed by atoms with Crippen molar-refractivity contribution in [1.29, 1.82) is 5.26 Å². The fraction of sp³-hybridized carbons (Fsp3) is 0.250. The van der Waals surface area contributed by atoms with Crippen molar-refractivity contribution in [1.82, 2.24) is 4.98 Å². The van der Waals surface area contributed by atoms with E-state index in [1.54, 1.807) is 19.9 Å². The number of aromatic amines is 1. The molecule has 1 aromatic heterocycles. The largest absolute Gasteiger partial charge is 0.417 e. The van der Waals surface area contributed by atoms with Gasteiger partial charge in [0.2, 0.25) is 0 Å². The predicted octanol–water partition coefficient (Wildman–Crippen LogP) is 3.49. The van der Waals surface area contributed by atoms with E-state index in [9.17, 15) is 18.0 Å². The van der Waals surface area contributed by atoms with E-state index >= 15 is 0 Å². The van der Waals surface area contributed by atoms with Gasteiger partial charge in [0.1, 0.15) is 0 Å². The van der Waals surface area contributed by atoms with Crippen LogP contribution in [-0.4, -0.2) is 4.98 Å². The number of hydrogen-bond acceptors (Lipinski definition) is 3. The number of alkyl halides is 3. The van der Waals surface area contributed by atoms with Crippen LogP contribution in [0.2, 0.25) is 0 Å². The molecule has 0 saturated carbocycles. The van der Waals surface area contributed by atoms with Crippen LogP contribution in [0.15, 0.2) is 29.1 Å². The Morgan fingerprint density at radius 3 is 2.52 bits per heavy atom. The Morgan fingerprint density at radius 1 is 1.26 bits per heavy atom. The molecule has 0 spiro atoms. The second-order valence-electron chi connectivity index (χ2n) is 5.17. The van der Waals surface area contributed by atoms with Crippen molar-refractivity contribution in [2.24, 2.45) is 0 Å². The number of rotatable bonds is 3. The summed E-state index contributed by atoms with van der Waals surface area (Å²) >= 11 is 0. The summed E-state index contributed by atoms with van der Waals surface area (Å²) in [5.41, 5.74) is 0.397. The van der Waals surface area contributed by atoms with Gasteiger partial charge in [-0.2, -0.15) is 18.4 Å². The molecule has 0 aliphatic heterocycles. The molecule has 120 valence electrons. The second kappa shape index (κ2) is 6.16. The fourth-order valence-electron chi connectivity index (χ4n) is 2.28. The third kappa shape index (κ3) is 3.72. The van der Waals surface area contributed by atoms with E-state index in [0.717, 1.165) is 17.7 Å². The summed E-state index contributed by atoms with van der Waals surface area (Å²) in [6.45, 7) is 3.60. The molecule has 23 heavy (non-hydrogen) atoms. The standard InChI is InChI=1S/C16H14F3N3O/c1-9-5-10(2)22-15(23)13(9)8-21-12-4-3-11(7-20)14(6-12)16(17,18)19/h3-6,21H,8H2,1-2H3,(H,22,23). The molecule has 2 aromatic rings. The minimum Gasteiger partial charge on any atom is -0.381 e. The highest BCUT2D eigenvalue weighted by Crippen LogP contribution is 2.33. The number of aromatic nitrogens is 1. The molecule has 0 radical (unpaired) electrons. The fourth-order valence-corrected chi connectivity index (χ4v) is 2.28. The van der Waals surface area contributed by atoms with Crippen LogP contribution in [0.3, 0.4) is 0 Å². The number of pyridine rings is 1. The van der Waals surface area contributed by atoms with Gasteiger partial charge in [-0.25, -0.2) is 0 Å². The summed E-state index contributed by atoms with van der Waals surface area (Å²) in [6.07, 6.45) is -4.61. The third-order valence-electron chi connectivity index (χ3n) is 3.41. The van der Waals surface area contributed by atoms with Crippen LogP contribution in [0.25, 0.3) is 0 Å². The van der Waals surface area contributed by atoms with Crippen LogP contribution in [0.1, 0.15) is 27.9 Å². The van der Waals surface area contributed by atoms with Crippen LogP contribution in [0.4, 0.5) is 18.9 Å². The summed E-state index contributed by atoms with van der Waals surface area (Å²) in [5.74, 6) is 0. The van der Waals surface area contributed by atoms with E-state index in [0.29, 0.717) is 11.3 Å². The van der Waals surface area contributed by atoms with Crippen LogP contribution in [0, 0.1) is 25.2 Å². The van der Waals surface area contributed by atoms with Gasteiger partial charge >= 0.3 is 6.18 Å². The van der Waals surface area contributed by atoms with Crippen LogP contribution in [-0.2, 0) is 12.7 Å². The number of aryl methyl sites for hydroxylation is 2. The van der Waals surface area contributed by atoms with Crippen LogP contribution >= 0.6 is 0 Å². The Hall–Kier alpha value is -2.75. The Kier molecular flexibility index (Phi) is 4.45. The van der Waals surface area contributed by atoms with Crippen LogP contribution < -0.4 is 10.9 Å². The molecule has 4 nitrogen and oxygen atoms in total. The average molecular weight is 321 g/mol. The summed E-state index contributed by atoms with van der Waals surface area (Å²) in [7, 11) is 0. The summed E-state index contributed by atoms with van der Waals surface area (Å²) < 4.78 is 38.8. The highest BCUT2D eigenvalue weighted by Gasteiger charge is 2.33. The Bertz CT molecular complexity index is 832. The smallest absolute Gasteiger partial charge is 0.381 e. The lowest BCUT2D eigenvalue weighted by Gasteiger charge is -2.13. The number of halogens is 3. The number of H-pyrrole nitrogens is 1. The lowest BCUT2D eigenvalue weighted by Crippen LogP contribution is -2.18. The highest BCUT2D eigenvalue weighted by atomic mass is 19.4. The molecule has 0 aliphatic rings. The van der Waals surface area contributed by atoms with Gasteiger partial charge in [-0.1, -0.05) is 0 Å². The quantitative estimate of drug-likeness (QED) is 0.909. The van der Waals surface area contributed by atoms with E-state index < -0.39 is 17.3 Å². The van der Waals surface area contributed by atoms with Crippen molar-refractivity contribution in [2.75, 3.05) is 5.32 Å². The molecule has 0 saturated heterocycles. The molecule has 0 atom stereocenters. The third-order valence-corrected chi connectivity index (χ3v) is 3.41. The number of nitriles is 1. The Morgan fingerprint density at radius 2 is 1.96 bits per heavy atom. The van der Waals surface area contributed by atoms with Gasteiger partial charge in [-0.3, -0.25) is 4.79 Å². The number of anilines is 1. The van der Waals surface area contributed by atoms with E-state index in [1.807, 2.05) is 0 Å². The number of nitrogens with one attached hydrogen (secondary N) is 2. The Balaban J connectivity index is 2.29. The first-order chi connectivity index (χ1) is 10.7. The van der Waals surface area contributed by atoms with E-state index in [2.05, 4.69) is 10.3 Å². The van der Waals surface area contributed by atoms with Gasteiger partial charge in [0, 0.05) is 23.5 Å². The van der Waals surface area contributed by atoms with Gasteiger partial charge in [-0.15, -0.1) is 0 Å². The molecule has 2 N–H and O–H groups in total. The summed E-state index contributed by atoms with van der Waals surface area (Å²) in [6, 6.07) is 6.68. The molecule has 7 heteroatoms. The van der Waals surface area contributed by atoms with Crippen molar-refractivity contribution in [3.63, 3.8) is 0 Å². The van der Waals surface area contributed by atoms with Gasteiger partial charge < -0.3 is 10.3 Å². The second-order valence-corrected chi connectivity index (χ2v) is 5.17. The minimum atomic E-state index is -4.61. The van der Waals surface area contributed by atoms with E-state index in [4.69, 9.17) is 5.26 Å². The van der Waals surface area contributed by atoms with Gasteiger partial charge in [0.05, 0.1) is 17.2 Å². The molecular formula is C16H14F3N3O. The molecule has 0 unspecified atom stereocenters. The van der Waals surface area contributed by atoms with Crippen molar-refractivity contribution < 1.29 is 13.2 Å². The average Bonchev–Trinajstić information content (AvgIpc) is 2.45. The lowest BCUT2D eigenvalue weighted by molar-refractivity contribution is -0.137. The maximum absolute atomic E-state index is 12.9. The normalized spacial score (nSPS) is 11.1. The molecule has 2 rings (SSSR count). The van der Waals surface area contributed by atoms with Crippen molar-refractivity contribution in [2.45, 2.75) is 26.6 Å². The Labute approximate surface area is 130 Å². The number of hydrogen-bond donors (Lipinski definition) is 2. The van der Waals surface area contributed by atoms with Gasteiger partial charge in [-0.05, 0) is 43.7 Å². The lowest BCUT2D eigenvalue weighted by atomic mass is 10.1. The van der Waals surface area contributed by atoms with Gasteiger partial charge in [0.25, 0.3) is 5.56 Å². The molecule has 0 aliphatic carbocycles. The van der Waals surface area contributed by atoms with Crippen molar-refractivity contribution in [3.8, 4) is 6.07 Å². The molecule has 0 fully saturated rings. The molecule has 0 bridgehead atoms. The van der Waals surface area contributed by atoms with Crippen LogP contribution in [0.5, 0.6) is 0 Å². The zero-order valence-electron chi connectivity index (χ0n) is 12.5. The molecule has 1 heterocycles. The SMILES string of the molecule is Cc1cc(C)c(CNc2ccc(C#N)c(C(F)(F)F)c2)c(=O)[nH]1. The van der Waals surface area contributed by atoms with Gasteiger partial charge in [0.15, 0.2) is 0 Å². The minimum absolute atomic E-state index is 0.0879. The molecular weight excluding hydrogens is 307 g/mol. The highest BCUT2D eigenvalue weighted by molar-refractivity contribution is 5.53. The van der Waals surface area contributed by atoms with E-state index in [-0.39, 0.29) is 17.8 Å². The maximum Gasteiger partial charge on any atom is 0.417 e. The molecule has 0 amide bonds. The number of nitrogens with zero attached hydrogens (tertiary/aromatic N) is 1. The zero-order chi connectivity index (χ0) is 17.2. The topological polar surface area (TPSA) is 68.7 Å². The first kappa shape index (κ1) is 16.6. The van der Waals surface area contributed by atoms with Crippen molar-refractivity contribution >= 4 is 5.69 Å². The monoisotopic (exact) mass is 321 g/mol. The first-order valence-corrected chi connectivity index (χ1v) is 6.77. The first-order valence-electron chi connectivity index (χ1n) is 6.77. The van der Waals surface area contributed by atoms with Crippen molar-refractivity contribution in [3.05, 3.63) is 62.6 Å². The zero-order valence-corrected chi connectivity index (χ0v) is 12.5.